The molecule has 1 heterocycles. The molecule has 1 aliphatic heterocycles. The van der Waals surface area contributed by atoms with E-state index in [0.29, 0.717) is 6.54 Å². The molecule has 0 radical (unpaired) electrons. The molecule has 3 rings (SSSR count). The van der Waals surface area contributed by atoms with E-state index in [1.165, 1.54) is 16.7 Å². The van der Waals surface area contributed by atoms with Gasteiger partial charge in [0.2, 0.25) is 5.91 Å². The summed E-state index contributed by atoms with van der Waals surface area (Å²) in [6.07, 6.45) is 0.858. The van der Waals surface area contributed by atoms with Crippen LogP contribution in [0, 0.1) is 0 Å². The van der Waals surface area contributed by atoms with Gasteiger partial charge in [-0.05, 0) is 41.8 Å². The number of fused-ring (bicyclic) bond motifs is 1. The fraction of sp³-hybridized carbons (Fsp3) is 0.278. The number of carbonyl (C=O) groups excluding carboxylic acids is 1. The number of hydrogen-bond acceptors (Lipinski definition) is 3. The lowest BCUT2D eigenvalue weighted by molar-refractivity contribution is -0.119. The van der Waals surface area contributed by atoms with Crippen LogP contribution in [0.5, 0.6) is 0 Å². The van der Waals surface area contributed by atoms with Gasteiger partial charge in [0.05, 0.1) is 5.92 Å². The summed E-state index contributed by atoms with van der Waals surface area (Å²) in [5.74, 6) is -0.485. The van der Waals surface area contributed by atoms with E-state index in [0.717, 1.165) is 24.2 Å². The van der Waals surface area contributed by atoms with Crippen LogP contribution in [-0.4, -0.2) is 19.5 Å². The highest BCUT2D eigenvalue weighted by atomic mass is 16.1. The van der Waals surface area contributed by atoms with Gasteiger partial charge in [-0.15, -0.1) is 0 Å². The van der Waals surface area contributed by atoms with Crippen LogP contribution in [0.25, 0.3) is 0 Å². The molecule has 114 valence electrons. The summed E-state index contributed by atoms with van der Waals surface area (Å²) in [6.45, 7) is 1.46. The molecule has 0 fully saturated rings. The molecule has 0 saturated carbocycles. The van der Waals surface area contributed by atoms with Gasteiger partial charge in [0.1, 0.15) is 0 Å². The highest BCUT2D eigenvalue weighted by Gasteiger charge is 2.26. The van der Waals surface area contributed by atoms with E-state index in [2.05, 4.69) is 47.0 Å². The van der Waals surface area contributed by atoms with Crippen LogP contribution in [0.4, 0.5) is 5.69 Å². The number of hydrogen-bond donors (Lipinski definition) is 3. The Labute approximate surface area is 130 Å². The van der Waals surface area contributed by atoms with Crippen molar-refractivity contribution in [1.29, 1.82) is 0 Å². The molecule has 1 atom stereocenters. The summed E-state index contributed by atoms with van der Waals surface area (Å²) in [5, 5.41) is 6.45. The van der Waals surface area contributed by atoms with Gasteiger partial charge in [-0.3, -0.25) is 4.79 Å². The summed E-state index contributed by atoms with van der Waals surface area (Å²) in [6, 6.07) is 14.7. The Bertz CT molecular complexity index is 696. The number of carbonyl (C=O) groups is 1. The van der Waals surface area contributed by atoms with Crippen molar-refractivity contribution in [2.45, 2.75) is 18.9 Å². The maximum Gasteiger partial charge on any atom is 0.226 e. The van der Waals surface area contributed by atoms with Crippen LogP contribution in [0.2, 0.25) is 0 Å². The van der Waals surface area contributed by atoms with E-state index >= 15 is 0 Å². The van der Waals surface area contributed by atoms with Gasteiger partial charge >= 0.3 is 0 Å². The van der Waals surface area contributed by atoms with Crippen molar-refractivity contribution >= 4 is 11.6 Å². The number of rotatable bonds is 5. The molecule has 4 heteroatoms. The van der Waals surface area contributed by atoms with Gasteiger partial charge in [-0.2, -0.15) is 0 Å². The maximum atomic E-state index is 11.5. The molecule has 1 unspecified atom stereocenters. The molecule has 2 aromatic rings. The number of benzene rings is 2. The normalized spacial score (nSPS) is 16.1. The predicted octanol–water partition coefficient (Wildman–Crippen LogP) is 1.99. The molecule has 0 aromatic heterocycles. The predicted molar refractivity (Wildman–Crippen MR) is 88.9 cm³/mol. The fourth-order valence-electron chi connectivity index (χ4n) is 3.06. The van der Waals surface area contributed by atoms with Crippen LogP contribution in [0.1, 0.15) is 28.2 Å². The Hall–Kier alpha value is -2.33. The minimum absolute atomic E-state index is 0.220. The van der Waals surface area contributed by atoms with Crippen LogP contribution in [0.3, 0.4) is 0 Å². The second-order valence-corrected chi connectivity index (χ2v) is 5.73. The van der Waals surface area contributed by atoms with E-state index in [-0.39, 0.29) is 11.8 Å². The van der Waals surface area contributed by atoms with Crippen molar-refractivity contribution < 1.29 is 4.79 Å². The van der Waals surface area contributed by atoms with Crippen molar-refractivity contribution in [3.05, 3.63) is 64.7 Å². The van der Waals surface area contributed by atoms with Gasteiger partial charge in [0.25, 0.3) is 0 Å². The molecular weight excluding hydrogens is 274 g/mol. The first-order valence-corrected chi connectivity index (χ1v) is 7.56. The molecule has 22 heavy (non-hydrogen) atoms. The number of anilines is 1. The Morgan fingerprint density at radius 1 is 1.27 bits per heavy atom. The highest BCUT2D eigenvalue weighted by Crippen LogP contribution is 2.32. The first kappa shape index (κ1) is 14.6. The van der Waals surface area contributed by atoms with E-state index in [1.807, 2.05) is 13.1 Å². The lowest BCUT2D eigenvalue weighted by atomic mass is 9.94. The average molecular weight is 295 g/mol. The summed E-state index contributed by atoms with van der Waals surface area (Å²) < 4.78 is 0. The fourth-order valence-corrected chi connectivity index (χ4v) is 3.06. The molecule has 4 nitrogen and oxygen atoms in total. The highest BCUT2D eigenvalue weighted by molar-refractivity contribution is 5.86. The molecule has 1 amide bonds. The van der Waals surface area contributed by atoms with Crippen molar-refractivity contribution in [3.8, 4) is 0 Å². The Balaban J connectivity index is 1.88. The van der Waals surface area contributed by atoms with Crippen LogP contribution < -0.4 is 16.4 Å². The summed E-state index contributed by atoms with van der Waals surface area (Å²) in [7, 11) is 1.95. The van der Waals surface area contributed by atoms with Gasteiger partial charge < -0.3 is 16.4 Å². The number of nitrogens with one attached hydrogen (secondary N) is 2. The van der Waals surface area contributed by atoms with Gasteiger partial charge in [-0.25, -0.2) is 0 Å². The largest absolute Gasteiger partial charge is 0.384 e. The summed E-state index contributed by atoms with van der Waals surface area (Å²) in [5.41, 5.74) is 11.4. The summed E-state index contributed by atoms with van der Waals surface area (Å²) in [4.78, 5) is 11.5. The molecule has 2 aromatic carbocycles. The molecule has 4 N–H and O–H groups in total. The van der Waals surface area contributed by atoms with E-state index in [4.69, 9.17) is 5.73 Å². The topological polar surface area (TPSA) is 67.1 Å². The van der Waals surface area contributed by atoms with Crippen molar-refractivity contribution in [1.82, 2.24) is 5.32 Å². The Morgan fingerprint density at radius 3 is 2.77 bits per heavy atom. The zero-order valence-corrected chi connectivity index (χ0v) is 12.7. The lowest BCUT2D eigenvalue weighted by Crippen LogP contribution is -2.22. The molecule has 0 saturated heterocycles. The number of primary amides is 1. The average Bonchev–Trinajstić information content (AvgIpc) is 2.93. The smallest absolute Gasteiger partial charge is 0.226 e. The third-order valence-electron chi connectivity index (χ3n) is 4.21. The first-order chi connectivity index (χ1) is 10.7. The molecule has 0 spiro atoms. The van der Waals surface area contributed by atoms with Gasteiger partial charge in [0.15, 0.2) is 0 Å². The van der Waals surface area contributed by atoms with Gasteiger partial charge in [-0.1, -0.05) is 36.4 Å². The van der Waals surface area contributed by atoms with Crippen LogP contribution in [-0.2, 0) is 17.8 Å². The molecular formula is C18H21N3O. The van der Waals surface area contributed by atoms with Crippen molar-refractivity contribution in [2.24, 2.45) is 5.73 Å². The standard InChI is InChI=1S/C18H21N3O/c1-20-10-14-5-3-2-4-13(14)8-12-6-7-17-15(9-12)16(11-21-17)18(19)22/h2-7,9,16,20-21H,8,10-11H2,1H3,(H2,19,22). The van der Waals surface area contributed by atoms with Gasteiger partial charge in [0, 0.05) is 18.8 Å². The minimum Gasteiger partial charge on any atom is -0.384 e. The number of nitrogens with two attached hydrogens (primary N) is 1. The second-order valence-electron chi connectivity index (χ2n) is 5.73. The second kappa shape index (κ2) is 6.20. The SMILES string of the molecule is CNCc1ccccc1Cc1ccc2c(c1)C(C(N)=O)CN2. The zero-order valence-electron chi connectivity index (χ0n) is 12.7. The minimum atomic E-state index is -0.265. The molecule has 0 bridgehead atoms. The molecule has 1 aliphatic rings. The molecule has 0 aliphatic carbocycles. The Kier molecular flexibility index (Phi) is 4.11. The zero-order chi connectivity index (χ0) is 15.5. The van der Waals surface area contributed by atoms with Crippen LogP contribution >= 0.6 is 0 Å². The van der Waals surface area contributed by atoms with Crippen molar-refractivity contribution in [2.75, 3.05) is 18.9 Å². The number of amides is 1. The van der Waals surface area contributed by atoms with E-state index < -0.39 is 0 Å². The lowest BCUT2D eigenvalue weighted by Gasteiger charge is -2.11. The van der Waals surface area contributed by atoms with E-state index in [9.17, 15) is 4.79 Å². The van der Waals surface area contributed by atoms with Crippen molar-refractivity contribution in [3.63, 3.8) is 0 Å². The monoisotopic (exact) mass is 295 g/mol. The van der Waals surface area contributed by atoms with Crippen LogP contribution in [0.15, 0.2) is 42.5 Å². The Morgan fingerprint density at radius 2 is 2.05 bits per heavy atom. The summed E-state index contributed by atoms with van der Waals surface area (Å²) >= 11 is 0. The third kappa shape index (κ3) is 2.83. The quantitative estimate of drug-likeness (QED) is 0.790. The first-order valence-electron chi connectivity index (χ1n) is 7.56. The third-order valence-corrected chi connectivity index (χ3v) is 4.21. The maximum absolute atomic E-state index is 11.5. The van der Waals surface area contributed by atoms with E-state index in [1.54, 1.807) is 0 Å².